The lowest BCUT2D eigenvalue weighted by molar-refractivity contribution is -0.121. The van der Waals surface area contributed by atoms with Crippen molar-refractivity contribution in [3.05, 3.63) is 36.5 Å². The Kier molecular flexibility index (Phi) is 19.6. The van der Waals surface area contributed by atoms with Gasteiger partial charge in [-0.05, 0) is 38.5 Å². The van der Waals surface area contributed by atoms with Crippen LogP contribution in [0.5, 0.6) is 0 Å². The van der Waals surface area contributed by atoms with E-state index >= 15 is 0 Å². The highest BCUT2D eigenvalue weighted by Crippen LogP contribution is 2.10. The Balaban J connectivity index is 3.24. The zero-order chi connectivity index (χ0) is 18.4. The fraction of sp³-hybridized carbons (Fsp3) is 0.682. The molecule has 144 valence electrons. The van der Waals surface area contributed by atoms with Crippen molar-refractivity contribution in [2.45, 2.75) is 84.0 Å². The van der Waals surface area contributed by atoms with Gasteiger partial charge in [-0.1, -0.05) is 75.5 Å². The third-order valence-electron chi connectivity index (χ3n) is 3.99. The van der Waals surface area contributed by atoms with E-state index < -0.39 is 0 Å². The number of allylic oxidation sites excluding steroid dienone is 6. The van der Waals surface area contributed by atoms with E-state index in [0.717, 1.165) is 32.1 Å². The second kappa shape index (κ2) is 20.7. The molecular formula is C22H39NO2. The number of aliphatic hydroxyl groups excluding tert-OH is 1. The number of hydrogen-bond acceptors (Lipinski definition) is 2. The van der Waals surface area contributed by atoms with Crippen molar-refractivity contribution in [3.8, 4) is 0 Å². The topological polar surface area (TPSA) is 49.3 Å². The van der Waals surface area contributed by atoms with E-state index in [9.17, 15) is 4.79 Å². The van der Waals surface area contributed by atoms with Crippen LogP contribution >= 0.6 is 0 Å². The first-order valence-electron chi connectivity index (χ1n) is 10.1. The minimum absolute atomic E-state index is 0.0221. The summed E-state index contributed by atoms with van der Waals surface area (Å²) >= 11 is 0. The number of amides is 1. The van der Waals surface area contributed by atoms with Crippen LogP contribution in [-0.2, 0) is 4.79 Å². The number of carbonyl (C=O) groups is 1. The molecule has 0 aromatic carbocycles. The Morgan fingerprint density at radius 1 is 0.800 bits per heavy atom. The van der Waals surface area contributed by atoms with Crippen molar-refractivity contribution < 1.29 is 9.90 Å². The van der Waals surface area contributed by atoms with Gasteiger partial charge < -0.3 is 10.4 Å². The van der Waals surface area contributed by atoms with E-state index in [-0.39, 0.29) is 12.5 Å². The third-order valence-corrected chi connectivity index (χ3v) is 3.99. The van der Waals surface area contributed by atoms with Crippen LogP contribution in [0.15, 0.2) is 36.5 Å². The van der Waals surface area contributed by atoms with Crippen molar-refractivity contribution >= 4 is 5.91 Å². The van der Waals surface area contributed by atoms with Gasteiger partial charge in [-0.15, -0.1) is 0 Å². The standard InChI is InChI=1S/C22H39NO2/c1-2-3-4-5-6-7-8-9-10-11-12-13-14-15-16-17-18-19-22(25)23-20-21-24/h3-4,6-7,9-10,24H,2,5,8,11-21H2,1H3,(H,23,25)/b4-3+,7-6-,10-9-. The summed E-state index contributed by atoms with van der Waals surface area (Å²) in [6.45, 7) is 2.56. The average molecular weight is 350 g/mol. The maximum absolute atomic E-state index is 11.3. The summed E-state index contributed by atoms with van der Waals surface area (Å²) in [5.74, 6) is 0.0631. The van der Waals surface area contributed by atoms with Gasteiger partial charge in [0.1, 0.15) is 0 Å². The van der Waals surface area contributed by atoms with Crippen molar-refractivity contribution in [2.24, 2.45) is 0 Å². The summed E-state index contributed by atoms with van der Waals surface area (Å²) in [6.07, 6.45) is 26.9. The number of nitrogens with one attached hydrogen (secondary N) is 1. The highest BCUT2D eigenvalue weighted by Gasteiger charge is 1.99. The highest BCUT2D eigenvalue weighted by molar-refractivity contribution is 5.75. The number of aliphatic hydroxyl groups is 1. The molecule has 0 radical (unpaired) electrons. The van der Waals surface area contributed by atoms with Crippen LogP contribution in [0.25, 0.3) is 0 Å². The molecular weight excluding hydrogens is 310 g/mol. The van der Waals surface area contributed by atoms with Gasteiger partial charge >= 0.3 is 0 Å². The van der Waals surface area contributed by atoms with E-state index in [1.165, 1.54) is 38.5 Å². The molecule has 3 nitrogen and oxygen atoms in total. The zero-order valence-corrected chi connectivity index (χ0v) is 16.2. The second-order valence-electron chi connectivity index (χ2n) is 6.38. The zero-order valence-electron chi connectivity index (χ0n) is 16.2. The van der Waals surface area contributed by atoms with E-state index in [2.05, 4.69) is 48.7 Å². The first-order chi connectivity index (χ1) is 12.3. The SMILES string of the molecule is CC/C=C/C/C=C\C/C=C\CCCCCCCCCC(=O)NCCO. The van der Waals surface area contributed by atoms with Crippen molar-refractivity contribution in [2.75, 3.05) is 13.2 Å². The summed E-state index contributed by atoms with van der Waals surface area (Å²) in [5, 5.41) is 11.3. The Hall–Kier alpha value is -1.35. The predicted molar refractivity (Wildman–Crippen MR) is 109 cm³/mol. The molecule has 0 rings (SSSR count). The molecule has 0 unspecified atom stereocenters. The van der Waals surface area contributed by atoms with Crippen molar-refractivity contribution in [3.63, 3.8) is 0 Å². The molecule has 0 atom stereocenters. The third kappa shape index (κ3) is 20.6. The van der Waals surface area contributed by atoms with E-state index in [1.807, 2.05) is 0 Å². The summed E-state index contributed by atoms with van der Waals surface area (Å²) in [7, 11) is 0. The minimum Gasteiger partial charge on any atom is -0.395 e. The van der Waals surface area contributed by atoms with Gasteiger partial charge in [0.2, 0.25) is 5.91 Å². The van der Waals surface area contributed by atoms with Gasteiger partial charge in [-0.2, -0.15) is 0 Å². The minimum atomic E-state index is 0.0221. The lowest BCUT2D eigenvalue weighted by Crippen LogP contribution is -2.25. The first kappa shape index (κ1) is 23.6. The number of rotatable bonds is 17. The van der Waals surface area contributed by atoms with Gasteiger partial charge in [0.05, 0.1) is 6.61 Å². The molecule has 2 N–H and O–H groups in total. The van der Waals surface area contributed by atoms with Gasteiger partial charge in [-0.3, -0.25) is 4.79 Å². The summed E-state index contributed by atoms with van der Waals surface area (Å²) in [5.41, 5.74) is 0. The molecule has 0 bridgehead atoms. The molecule has 0 aromatic heterocycles. The molecule has 0 aliphatic rings. The number of unbranched alkanes of at least 4 members (excludes halogenated alkanes) is 7. The fourth-order valence-electron chi connectivity index (χ4n) is 2.54. The Morgan fingerprint density at radius 2 is 1.36 bits per heavy atom. The molecule has 0 spiro atoms. The summed E-state index contributed by atoms with van der Waals surface area (Å²) < 4.78 is 0. The monoisotopic (exact) mass is 349 g/mol. The molecule has 1 amide bonds. The van der Waals surface area contributed by atoms with Gasteiger partial charge in [0, 0.05) is 13.0 Å². The summed E-state index contributed by atoms with van der Waals surface area (Å²) in [4.78, 5) is 11.3. The van der Waals surface area contributed by atoms with Gasteiger partial charge in [0.25, 0.3) is 0 Å². The average Bonchev–Trinajstić information content (AvgIpc) is 2.62. The Labute approximate surface area is 155 Å². The van der Waals surface area contributed by atoms with E-state index in [0.29, 0.717) is 13.0 Å². The van der Waals surface area contributed by atoms with Crippen LogP contribution in [0.2, 0.25) is 0 Å². The van der Waals surface area contributed by atoms with E-state index in [1.54, 1.807) is 0 Å². The molecule has 0 aliphatic heterocycles. The van der Waals surface area contributed by atoms with Crippen molar-refractivity contribution in [1.82, 2.24) is 5.32 Å². The van der Waals surface area contributed by atoms with Crippen LogP contribution in [0.3, 0.4) is 0 Å². The lowest BCUT2D eigenvalue weighted by atomic mass is 10.1. The maximum Gasteiger partial charge on any atom is 0.220 e. The van der Waals surface area contributed by atoms with Crippen molar-refractivity contribution in [1.29, 1.82) is 0 Å². The number of hydrogen-bond donors (Lipinski definition) is 2. The summed E-state index contributed by atoms with van der Waals surface area (Å²) in [6, 6.07) is 0. The van der Waals surface area contributed by atoms with Crippen LogP contribution in [-0.4, -0.2) is 24.2 Å². The normalized spacial score (nSPS) is 11.9. The van der Waals surface area contributed by atoms with Crippen LogP contribution in [0.1, 0.15) is 84.0 Å². The Bertz CT molecular complexity index is 372. The quantitative estimate of drug-likeness (QED) is 0.270. The number of carbonyl (C=O) groups excluding carboxylic acids is 1. The second-order valence-corrected chi connectivity index (χ2v) is 6.38. The molecule has 0 aliphatic carbocycles. The van der Waals surface area contributed by atoms with Gasteiger partial charge in [-0.25, -0.2) is 0 Å². The lowest BCUT2D eigenvalue weighted by Gasteiger charge is -2.03. The van der Waals surface area contributed by atoms with E-state index in [4.69, 9.17) is 5.11 Å². The predicted octanol–water partition coefficient (Wildman–Crippen LogP) is 5.46. The fourth-order valence-corrected chi connectivity index (χ4v) is 2.54. The van der Waals surface area contributed by atoms with Crippen LogP contribution < -0.4 is 5.32 Å². The molecule has 0 saturated heterocycles. The smallest absolute Gasteiger partial charge is 0.220 e. The molecule has 0 saturated carbocycles. The van der Waals surface area contributed by atoms with Crippen LogP contribution in [0, 0.1) is 0 Å². The highest BCUT2D eigenvalue weighted by atomic mass is 16.3. The molecule has 0 aromatic rings. The molecule has 0 heterocycles. The Morgan fingerprint density at radius 3 is 2.00 bits per heavy atom. The largest absolute Gasteiger partial charge is 0.395 e. The molecule has 0 fully saturated rings. The maximum atomic E-state index is 11.3. The van der Waals surface area contributed by atoms with Gasteiger partial charge in [0.15, 0.2) is 0 Å². The molecule has 3 heteroatoms. The van der Waals surface area contributed by atoms with Crippen LogP contribution in [0.4, 0.5) is 0 Å². The first-order valence-corrected chi connectivity index (χ1v) is 10.1. The molecule has 25 heavy (non-hydrogen) atoms.